The maximum Gasteiger partial charge on any atom is 0.257 e. The number of amides is 1. The zero-order chi connectivity index (χ0) is 12.8. The van der Waals surface area contributed by atoms with E-state index in [1.807, 2.05) is 39.0 Å². The molecule has 17 heavy (non-hydrogen) atoms. The molecule has 0 spiro atoms. The first kappa shape index (κ1) is 13.5. The van der Waals surface area contributed by atoms with E-state index in [-0.39, 0.29) is 18.6 Å². The predicted octanol–water partition coefficient (Wildman–Crippen LogP) is 1.15. The molecule has 0 saturated heterocycles. The minimum atomic E-state index is -0.152. The smallest absolute Gasteiger partial charge is 0.257 e. The summed E-state index contributed by atoms with van der Waals surface area (Å²) in [5.74, 6) is 0.560. The van der Waals surface area contributed by atoms with Gasteiger partial charge < -0.3 is 15.8 Å². The highest BCUT2D eigenvalue weighted by molar-refractivity contribution is 5.77. The highest BCUT2D eigenvalue weighted by Gasteiger charge is 2.04. The fraction of sp³-hybridized carbons (Fsp3) is 0.462. The van der Waals surface area contributed by atoms with Crippen molar-refractivity contribution in [1.82, 2.24) is 5.32 Å². The third-order valence-corrected chi connectivity index (χ3v) is 2.47. The maximum atomic E-state index is 11.4. The van der Waals surface area contributed by atoms with Gasteiger partial charge in [-0.25, -0.2) is 0 Å². The van der Waals surface area contributed by atoms with Crippen LogP contribution in [0.1, 0.15) is 18.1 Å². The van der Waals surface area contributed by atoms with Crippen molar-refractivity contribution < 1.29 is 9.53 Å². The Hall–Kier alpha value is -1.55. The minimum absolute atomic E-state index is 0.0230. The van der Waals surface area contributed by atoms with E-state index in [0.29, 0.717) is 12.3 Å². The Morgan fingerprint density at radius 3 is 2.71 bits per heavy atom. The Balaban J connectivity index is 2.39. The average Bonchev–Trinajstić information content (AvgIpc) is 2.28. The zero-order valence-corrected chi connectivity index (χ0v) is 10.6. The van der Waals surface area contributed by atoms with Gasteiger partial charge in [-0.1, -0.05) is 6.07 Å². The number of benzene rings is 1. The van der Waals surface area contributed by atoms with Crippen molar-refractivity contribution in [3.8, 4) is 5.75 Å². The quantitative estimate of drug-likeness (QED) is 0.806. The number of carbonyl (C=O) groups is 1. The van der Waals surface area contributed by atoms with Gasteiger partial charge in [0.2, 0.25) is 0 Å². The number of nitrogens with two attached hydrogens (primary N) is 1. The Labute approximate surface area is 102 Å². The van der Waals surface area contributed by atoms with E-state index in [1.54, 1.807) is 0 Å². The number of hydrogen-bond acceptors (Lipinski definition) is 3. The van der Waals surface area contributed by atoms with Gasteiger partial charge in [0.25, 0.3) is 5.91 Å². The lowest BCUT2D eigenvalue weighted by Crippen LogP contribution is -2.37. The van der Waals surface area contributed by atoms with Crippen LogP contribution in [0.25, 0.3) is 0 Å². The SMILES string of the molecule is Cc1ccc(OCC(=O)NCC(C)N)cc1C. The summed E-state index contributed by atoms with van der Waals surface area (Å²) >= 11 is 0. The molecular formula is C13H20N2O2. The minimum Gasteiger partial charge on any atom is -0.484 e. The van der Waals surface area contributed by atoms with E-state index >= 15 is 0 Å². The van der Waals surface area contributed by atoms with Crippen molar-refractivity contribution in [2.24, 2.45) is 5.73 Å². The van der Waals surface area contributed by atoms with Gasteiger partial charge in [-0.05, 0) is 44.0 Å². The van der Waals surface area contributed by atoms with Gasteiger partial charge >= 0.3 is 0 Å². The first-order chi connectivity index (χ1) is 7.99. The molecule has 1 aromatic rings. The number of hydrogen-bond donors (Lipinski definition) is 2. The highest BCUT2D eigenvalue weighted by Crippen LogP contribution is 2.16. The summed E-state index contributed by atoms with van der Waals surface area (Å²) in [4.78, 5) is 11.4. The number of aryl methyl sites for hydroxylation is 2. The molecule has 4 heteroatoms. The molecule has 1 atom stereocenters. The number of carbonyl (C=O) groups excluding carboxylic acids is 1. The van der Waals surface area contributed by atoms with E-state index in [0.717, 1.165) is 5.56 Å². The maximum absolute atomic E-state index is 11.4. The fourth-order valence-electron chi connectivity index (χ4n) is 1.28. The van der Waals surface area contributed by atoms with Crippen LogP contribution in [0.5, 0.6) is 5.75 Å². The van der Waals surface area contributed by atoms with Crippen LogP contribution < -0.4 is 15.8 Å². The third kappa shape index (κ3) is 4.87. The fourth-order valence-corrected chi connectivity index (χ4v) is 1.28. The van der Waals surface area contributed by atoms with Gasteiger partial charge in [-0.3, -0.25) is 4.79 Å². The molecule has 4 nitrogen and oxygen atoms in total. The largest absolute Gasteiger partial charge is 0.484 e. The molecule has 1 amide bonds. The van der Waals surface area contributed by atoms with Gasteiger partial charge in [-0.2, -0.15) is 0 Å². The summed E-state index contributed by atoms with van der Waals surface area (Å²) in [6, 6.07) is 5.72. The van der Waals surface area contributed by atoms with Crippen LogP contribution in [0, 0.1) is 13.8 Å². The summed E-state index contributed by atoms with van der Waals surface area (Å²) in [6.07, 6.45) is 0. The van der Waals surface area contributed by atoms with E-state index in [4.69, 9.17) is 10.5 Å². The van der Waals surface area contributed by atoms with Crippen molar-refractivity contribution in [1.29, 1.82) is 0 Å². The average molecular weight is 236 g/mol. The van der Waals surface area contributed by atoms with Crippen molar-refractivity contribution >= 4 is 5.91 Å². The molecule has 1 rings (SSSR count). The monoisotopic (exact) mass is 236 g/mol. The second-order valence-corrected chi connectivity index (χ2v) is 4.32. The lowest BCUT2D eigenvalue weighted by molar-refractivity contribution is -0.123. The van der Waals surface area contributed by atoms with Crippen LogP contribution in [0.15, 0.2) is 18.2 Å². The van der Waals surface area contributed by atoms with Crippen molar-refractivity contribution in [3.05, 3.63) is 29.3 Å². The standard InChI is InChI=1S/C13H20N2O2/c1-9-4-5-12(6-10(9)2)17-8-13(16)15-7-11(3)14/h4-6,11H,7-8,14H2,1-3H3,(H,15,16). The molecule has 0 aliphatic rings. The third-order valence-electron chi connectivity index (χ3n) is 2.47. The van der Waals surface area contributed by atoms with E-state index in [2.05, 4.69) is 5.32 Å². The van der Waals surface area contributed by atoms with Crippen molar-refractivity contribution in [2.75, 3.05) is 13.2 Å². The number of rotatable bonds is 5. The second kappa shape index (κ2) is 6.25. The second-order valence-electron chi connectivity index (χ2n) is 4.32. The molecule has 0 aliphatic carbocycles. The highest BCUT2D eigenvalue weighted by atomic mass is 16.5. The van der Waals surface area contributed by atoms with Crippen LogP contribution in [0.4, 0.5) is 0 Å². The Morgan fingerprint density at radius 1 is 1.41 bits per heavy atom. The lowest BCUT2D eigenvalue weighted by Gasteiger charge is -2.10. The topological polar surface area (TPSA) is 64.3 Å². The van der Waals surface area contributed by atoms with E-state index < -0.39 is 0 Å². The van der Waals surface area contributed by atoms with Crippen molar-refractivity contribution in [3.63, 3.8) is 0 Å². The summed E-state index contributed by atoms with van der Waals surface area (Å²) < 4.78 is 5.38. The Bertz CT molecular complexity index is 389. The summed E-state index contributed by atoms with van der Waals surface area (Å²) in [7, 11) is 0. The molecule has 94 valence electrons. The van der Waals surface area contributed by atoms with Crippen molar-refractivity contribution in [2.45, 2.75) is 26.8 Å². The molecule has 0 radical (unpaired) electrons. The van der Waals surface area contributed by atoms with Crippen LogP contribution >= 0.6 is 0 Å². The van der Waals surface area contributed by atoms with Crippen LogP contribution in [-0.2, 0) is 4.79 Å². The lowest BCUT2D eigenvalue weighted by atomic mass is 10.1. The van der Waals surface area contributed by atoms with E-state index in [9.17, 15) is 4.79 Å². The van der Waals surface area contributed by atoms with Gasteiger partial charge in [0, 0.05) is 12.6 Å². The molecular weight excluding hydrogens is 216 g/mol. The first-order valence-electron chi connectivity index (χ1n) is 5.71. The molecule has 0 aromatic heterocycles. The van der Waals surface area contributed by atoms with Gasteiger partial charge in [-0.15, -0.1) is 0 Å². The van der Waals surface area contributed by atoms with E-state index in [1.165, 1.54) is 5.56 Å². The zero-order valence-electron chi connectivity index (χ0n) is 10.6. The molecule has 0 heterocycles. The number of nitrogens with one attached hydrogen (secondary N) is 1. The van der Waals surface area contributed by atoms with Gasteiger partial charge in [0.05, 0.1) is 0 Å². The number of ether oxygens (including phenoxy) is 1. The molecule has 0 saturated carbocycles. The van der Waals surface area contributed by atoms with Crippen LogP contribution in [0.3, 0.4) is 0 Å². The molecule has 0 bridgehead atoms. The van der Waals surface area contributed by atoms with Gasteiger partial charge in [0.15, 0.2) is 6.61 Å². The Morgan fingerprint density at radius 2 is 2.12 bits per heavy atom. The summed E-state index contributed by atoms with van der Waals surface area (Å²) in [5.41, 5.74) is 7.89. The van der Waals surface area contributed by atoms with Crippen LogP contribution in [-0.4, -0.2) is 25.1 Å². The summed E-state index contributed by atoms with van der Waals surface area (Å²) in [5, 5.41) is 2.69. The normalized spacial score (nSPS) is 12.0. The summed E-state index contributed by atoms with van der Waals surface area (Å²) in [6.45, 7) is 6.38. The van der Waals surface area contributed by atoms with Gasteiger partial charge in [0.1, 0.15) is 5.75 Å². The molecule has 1 unspecified atom stereocenters. The predicted molar refractivity (Wildman–Crippen MR) is 68.1 cm³/mol. The Kier molecular flexibility index (Phi) is 4.97. The molecule has 0 aliphatic heterocycles. The van der Waals surface area contributed by atoms with Crippen LogP contribution in [0.2, 0.25) is 0 Å². The first-order valence-corrected chi connectivity index (χ1v) is 5.71. The molecule has 1 aromatic carbocycles. The molecule has 3 N–H and O–H groups in total. The molecule has 0 fully saturated rings.